The normalized spacial score (nSPS) is 11.4. The lowest BCUT2D eigenvalue weighted by Gasteiger charge is -2.13. The zero-order valence-corrected chi connectivity index (χ0v) is 19.3. The Bertz CT molecular complexity index is 1380. The first-order valence-electron chi connectivity index (χ1n) is 10.0. The Hall–Kier alpha value is -3.69. The summed E-state index contributed by atoms with van der Waals surface area (Å²) in [5.41, 5.74) is 3.08. The summed E-state index contributed by atoms with van der Waals surface area (Å²) in [5, 5.41) is 15.9. The van der Waals surface area contributed by atoms with Crippen LogP contribution in [-0.2, 0) is 6.61 Å². The average molecular weight is 486 g/mol. The van der Waals surface area contributed by atoms with E-state index in [2.05, 4.69) is 21.0 Å². The molecule has 0 N–H and O–H groups in total. The summed E-state index contributed by atoms with van der Waals surface area (Å²) in [6.07, 6.45) is 1.60. The number of aryl methyl sites for hydroxylation is 2. The number of nitriles is 1. The van der Waals surface area contributed by atoms with Crippen LogP contribution in [-0.4, -0.2) is 15.7 Å². The van der Waals surface area contributed by atoms with Gasteiger partial charge in [-0.25, -0.2) is 4.68 Å². The molecule has 1 aromatic heterocycles. The van der Waals surface area contributed by atoms with Gasteiger partial charge in [-0.05, 0) is 60.5 Å². The van der Waals surface area contributed by atoms with Gasteiger partial charge in [-0.15, -0.1) is 0 Å². The van der Waals surface area contributed by atoms with Gasteiger partial charge in [-0.1, -0.05) is 58.4 Å². The topological polar surface area (TPSA) is 67.9 Å². The fourth-order valence-corrected chi connectivity index (χ4v) is 3.79. The second-order valence-electron chi connectivity index (χ2n) is 7.43. The molecule has 0 unspecified atom stereocenters. The van der Waals surface area contributed by atoms with Crippen LogP contribution in [0.5, 0.6) is 5.75 Å². The van der Waals surface area contributed by atoms with Crippen LogP contribution in [0.15, 0.2) is 76.8 Å². The number of rotatable bonds is 5. The molecule has 0 bridgehead atoms. The van der Waals surface area contributed by atoms with Gasteiger partial charge in [0.1, 0.15) is 24.0 Å². The molecule has 4 rings (SSSR count). The van der Waals surface area contributed by atoms with E-state index >= 15 is 0 Å². The Morgan fingerprint density at radius 3 is 2.56 bits per heavy atom. The van der Waals surface area contributed by atoms with Crippen LogP contribution in [0.1, 0.15) is 27.3 Å². The van der Waals surface area contributed by atoms with Gasteiger partial charge in [-0.2, -0.15) is 10.4 Å². The Balaban J connectivity index is 1.77. The number of nitrogens with zero attached hydrogens (tertiary/aromatic N) is 3. The van der Waals surface area contributed by atoms with Gasteiger partial charge < -0.3 is 4.74 Å². The summed E-state index contributed by atoms with van der Waals surface area (Å²) in [5.74, 6) is 0.130. The van der Waals surface area contributed by atoms with Crippen LogP contribution >= 0.6 is 15.9 Å². The highest BCUT2D eigenvalue weighted by Crippen LogP contribution is 2.31. The van der Waals surface area contributed by atoms with Gasteiger partial charge in [0.2, 0.25) is 0 Å². The van der Waals surface area contributed by atoms with Gasteiger partial charge in [0.25, 0.3) is 5.91 Å². The minimum atomic E-state index is -0.468. The minimum absolute atomic E-state index is 0.0129. The van der Waals surface area contributed by atoms with Crippen molar-refractivity contribution in [2.45, 2.75) is 20.5 Å². The second-order valence-corrected chi connectivity index (χ2v) is 8.34. The molecule has 4 aromatic rings. The van der Waals surface area contributed by atoms with Crippen molar-refractivity contribution < 1.29 is 9.53 Å². The number of fused-ring (bicyclic) bond motifs is 1. The standard InChI is InChI=1S/C26H20BrN3O2/c1-17-13-18(2)30(29-17)26(31)21(15-28)14-24-23-6-4-3-5-20(23)9-12-25(24)32-16-19-7-10-22(27)11-8-19/h3-14H,16H2,1-2H3/b21-14+. The van der Waals surface area contributed by atoms with Crippen molar-refractivity contribution in [3.63, 3.8) is 0 Å². The van der Waals surface area contributed by atoms with E-state index in [4.69, 9.17) is 4.74 Å². The quantitative estimate of drug-likeness (QED) is 0.247. The molecule has 158 valence electrons. The molecule has 0 aliphatic rings. The van der Waals surface area contributed by atoms with E-state index in [1.54, 1.807) is 19.1 Å². The Morgan fingerprint density at radius 2 is 1.88 bits per heavy atom. The Morgan fingerprint density at radius 1 is 1.12 bits per heavy atom. The van der Waals surface area contributed by atoms with Crippen LogP contribution in [0.4, 0.5) is 0 Å². The third-order valence-corrected chi connectivity index (χ3v) is 5.61. The smallest absolute Gasteiger partial charge is 0.289 e. The summed E-state index contributed by atoms with van der Waals surface area (Å²) in [6.45, 7) is 3.96. The second kappa shape index (κ2) is 9.21. The van der Waals surface area contributed by atoms with Gasteiger partial charge in [0.15, 0.2) is 0 Å². The van der Waals surface area contributed by atoms with Gasteiger partial charge in [-0.3, -0.25) is 4.79 Å². The maximum Gasteiger partial charge on any atom is 0.289 e. The third kappa shape index (κ3) is 4.48. The van der Waals surface area contributed by atoms with Crippen molar-refractivity contribution in [2.75, 3.05) is 0 Å². The SMILES string of the molecule is Cc1cc(C)n(C(=O)/C(C#N)=C/c2c(OCc3ccc(Br)cc3)ccc3ccccc23)n1. The lowest BCUT2D eigenvalue weighted by Crippen LogP contribution is -2.15. The highest BCUT2D eigenvalue weighted by atomic mass is 79.9. The highest BCUT2D eigenvalue weighted by molar-refractivity contribution is 9.10. The molecule has 0 saturated carbocycles. The molecule has 0 radical (unpaired) electrons. The zero-order chi connectivity index (χ0) is 22.7. The Labute approximate surface area is 194 Å². The predicted molar refractivity (Wildman–Crippen MR) is 128 cm³/mol. The van der Waals surface area contributed by atoms with Gasteiger partial charge in [0, 0.05) is 15.7 Å². The molecule has 0 saturated heterocycles. The molecule has 0 aliphatic carbocycles. The number of hydrogen-bond donors (Lipinski definition) is 0. The van der Waals surface area contributed by atoms with Crippen molar-refractivity contribution >= 4 is 38.7 Å². The molecule has 6 heteroatoms. The molecule has 0 aliphatic heterocycles. The number of ether oxygens (including phenoxy) is 1. The first-order chi connectivity index (χ1) is 15.5. The summed E-state index contributed by atoms with van der Waals surface area (Å²) in [6, 6.07) is 23.4. The lowest BCUT2D eigenvalue weighted by molar-refractivity contribution is 0.0944. The molecule has 3 aromatic carbocycles. The number of hydrogen-bond acceptors (Lipinski definition) is 4. The maximum absolute atomic E-state index is 13.0. The van der Waals surface area contributed by atoms with Crippen molar-refractivity contribution in [1.82, 2.24) is 9.78 Å². The molecule has 5 nitrogen and oxygen atoms in total. The van der Waals surface area contributed by atoms with E-state index in [0.29, 0.717) is 23.6 Å². The molecule has 1 heterocycles. The van der Waals surface area contributed by atoms with E-state index in [1.165, 1.54) is 4.68 Å². The molecular weight excluding hydrogens is 466 g/mol. The van der Waals surface area contributed by atoms with E-state index < -0.39 is 5.91 Å². The summed E-state index contributed by atoms with van der Waals surface area (Å²) >= 11 is 3.44. The van der Waals surface area contributed by atoms with Gasteiger partial charge >= 0.3 is 0 Å². The van der Waals surface area contributed by atoms with Crippen molar-refractivity contribution in [3.8, 4) is 11.8 Å². The highest BCUT2D eigenvalue weighted by Gasteiger charge is 2.17. The van der Waals surface area contributed by atoms with Crippen molar-refractivity contribution in [2.24, 2.45) is 0 Å². The summed E-state index contributed by atoms with van der Waals surface area (Å²) in [7, 11) is 0. The van der Waals surface area contributed by atoms with Crippen LogP contribution in [0.25, 0.3) is 16.8 Å². The average Bonchev–Trinajstić information content (AvgIpc) is 3.14. The van der Waals surface area contributed by atoms with Crippen LogP contribution < -0.4 is 4.74 Å². The fourth-order valence-electron chi connectivity index (χ4n) is 3.53. The van der Waals surface area contributed by atoms with Crippen molar-refractivity contribution in [3.05, 3.63) is 99.3 Å². The number of carbonyl (C=O) groups is 1. The molecule has 0 spiro atoms. The third-order valence-electron chi connectivity index (χ3n) is 5.08. The number of carbonyl (C=O) groups excluding carboxylic acids is 1. The maximum atomic E-state index is 13.0. The number of benzene rings is 3. The van der Waals surface area contributed by atoms with E-state index in [-0.39, 0.29) is 5.57 Å². The van der Waals surface area contributed by atoms with Crippen LogP contribution in [0.2, 0.25) is 0 Å². The number of aromatic nitrogens is 2. The Kier molecular flexibility index (Phi) is 6.20. The first-order valence-corrected chi connectivity index (χ1v) is 10.8. The van der Waals surface area contributed by atoms with Crippen molar-refractivity contribution in [1.29, 1.82) is 5.26 Å². The fraction of sp³-hybridized carbons (Fsp3) is 0.115. The van der Waals surface area contributed by atoms with E-state index in [1.807, 2.05) is 73.7 Å². The first kappa shape index (κ1) is 21.5. The van der Waals surface area contributed by atoms with E-state index in [9.17, 15) is 10.1 Å². The number of halogens is 1. The summed E-state index contributed by atoms with van der Waals surface area (Å²) < 4.78 is 8.39. The van der Waals surface area contributed by atoms with Crippen LogP contribution in [0.3, 0.4) is 0 Å². The van der Waals surface area contributed by atoms with Crippen LogP contribution in [0, 0.1) is 25.2 Å². The predicted octanol–water partition coefficient (Wildman–Crippen LogP) is 6.24. The lowest BCUT2D eigenvalue weighted by atomic mass is 10.0. The zero-order valence-electron chi connectivity index (χ0n) is 17.7. The molecule has 0 atom stereocenters. The van der Waals surface area contributed by atoms with Gasteiger partial charge in [0.05, 0.1) is 5.69 Å². The van der Waals surface area contributed by atoms with E-state index in [0.717, 1.165) is 26.5 Å². The minimum Gasteiger partial charge on any atom is -0.488 e. The molecular formula is C26H20BrN3O2. The molecule has 32 heavy (non-hydrogen) atoms. The summed E-state index contributed by atoms with van der Waals surface area (Å²) in [4.78, 5) is 13.0. The largest absolute Gasteiger partial charge is 0.488 e. The molecule has 0 amide bonds. The number of allylic oxidation sites excluding steroid dienone is 1. The molecule has 0 fully saturated rings. The monoisotopic (exact) mass is 485 g/mol.